The molecule has 1 aromatic carbocycles. The number of hydrogen-bond donors (Lipinski definition) is 1. The number of carbonyl (C=O) groups excluding carboxylic acids is 1. The lowest BCUT2D eigenvalue weighted by Gasteiger charge is -2.45. The number of pyridine rings is 1. The number of aromatic nitrogens is 4. The highest BCUT2D eigenvalue weighted by atomic mass is 19.3. The first-order valence-electron chi connectivity index (χ1n) is 14.5. The Morgan fingerprint density at radius 2 is 2.00 bits per heavy atom. The van der Waals surface area contributed by atoms with Crippen molar-refractivity contribution in [1.29, 1.82) is 5.26 Å². The molecule has 1 N–H and O–H groups in total. The first-order valence-corrected chi connectivity index (χ1v) is 14.5. The second-order valence-electron chi connectivity index (χ2n) is 12.5. The molecule has 7 rings (SSSR count). The average molecular weight is 558 g/mol. The van der Waals surface area contributed by atoms with Crippen molar-refractivity contribution < 1.29 is 13.6 Å². The minimum absolute atomic E-state index is 0.000720. The SMILES string of the molecule is Cn1cnnc1CC1(c2cccc(N3Cc4c(cc(CN[C@@H]5CCC(F)(F)C5)nc4C4CC4)C3=O)c2)CC(C#N)C1. The van der Waals surface area contributed by atoms with Crippen molar-refractivity contribution in [2.75, 3.05) is 4.90 Å². The van der Waals surface area contributed by atoms with Gasteiger partial charge in [-0.25, -0.2) is 8.78 Å². The molecule has 3 aromatic rings. The number of aryl methyl sites for hydroxylation is 1. The number of hydrogen-bond acceptors (Lipinski definition) is 6. The van der Waals surface area contributed by atoms with Gasteiger partial charge in [0.2, 0.25) is 5.92 Å². The number of anilines is 1. The van der Waals surface area contributed by atoms with Gasteiger partial charge in [0, 0.05) is 78.7 Å². The zero-order valence-electron chi connectivity index (χ0n) is 23.1. The van der Waals surface area contributed by atoms with E-state index in [0.29, 0.717) is 37.4 Å². The van der Waals surface area contributed by atoms with E-state index in [1.54, 1.807) is 6.33 Å². The number of amides is 1. The zero-order valence-corrected chi connectivity index (χ0v) is 23.1. The molecule has 0 unspecified atom stereocenters. The number of carbonyl (C=O) groups is 1. The van der Waals surface area contributed by atoms with E-state index in [-0.39, 0.29) is 36.1 Å². The highest BCUT2D eigenvalue weighted by Gasteiger charge is 2.47. The summed E-state index contributed by atoms with van der Waals surface area (Å²) in [5, 5.41) is 21.1. The number of halogens is 2. The lowest BCUT2D eigenvalue weighted by molar-refractivity contribution is 0.00685. The maximum absolute atomic E-state index is 13.8. The Kier molecular flexibility index (Phi) is 6.19. The third-order valence-electron chi connectivity index (χ3n) is 9.47. The summed E-state index contributed by atoms with van der Waals surface area (Å²) in [7, 11) is 1.93. The number of nitrogens with one attached hydrogen (secondary N) is 1. The molecule has 0 bridgehead atoms. The van der Waals surface area contributed by atoms with Gasteiger partial charge in [0.15, 0.2) is 0 Å². The summed E-state index contributed by atoms with van der Waals surface area (Å²) < 4.78 is 29.3. The van der Waals surface area contributed by atoms with Crippen LogP contribution >= 0.6 is 0 Å². The summed E-state index contributed by atoms with van der Waals surface area (Å²) in [5.41, 5.74) is 5.08. The normalized spacial score (nSPS) is 26.6. The first-order chi connectivity index (χ1) is 19.7. The molecular weight excluding hydrogens is 524 g/mol. The molecule has 3 fully saturated rings. The van der Waals surface area contributed by atoms with Crippen LogP contribution in [0.25, 0.3) is 0 Å². The molecule has 0 spiro atoms. The number of rotatable bonds is 8. The van der Waals surface area contributed by atoms with Crippen LogP contribution < -0.4 is 10.2 Å². The Bertz CT molecular complexity index is 1550. The van der Waals surface area contributed by atoms with E-state index in [9.17, 15) is 18.8 Å². The van der Waals surface area contributed by atoms with E-state index in [2.05, 4.69) is 33.7 Å². The molecule has 1 amide bonds. The van der Waals surface area contributed by atoms with Gasteiger partial charge >= 0.3 is 0 Å². The van der Waals surface area contributed by atoms with Crippen LogP contribution in [0.4, 0.5) is 14.5 Å². The molecule has 2 aromatic heterocycles. The van der Waals surface area contributed by atoms with Crippen LogP contribution in [0.2, 0.25) is 0 Å². The topological polar surface area (TPSA) is 99.7 Å². The average Bonchev–Trinajstić information content (AvgIpc) is 3.50. The summed E-state index contributed by atoms with van der Waals surface area (Å²) in [6.45, 7) is 0.844. The summed E-state index contributed by atoms with van der Waals surface area (Å²) in [4.78, 5) is 20.6. The third-order valence-corrected chi connectivity index (χ3v) is 9.47. The van der Waals surface area contributed by atoms with Crippen molar-refractivity contribution in [3.63, 3.8) is 0 Å². The van der Waals surface area contributed by atoms with Gasteiger partial charge < -0.3 is 14.8 Å². The molecule has 8 nitrogen and oxygen atoms in total. The molecule has 3 heterocycles. The van der Waals surface area contributed by atoms with Crippen LogP contribution in [-0.4, -0.2) is 37.6 Å². The minimum atomic E-state index is -2.60. The standard InChI is InChI=1S/C31H33F2N7O/c1-39-18-36-38-27(39)14-30(11-19(12-30)15-34)21-3-2-4-24(9-21)40-17-26-25(29(40)41)10-23(37-28(26)20-5-6-20)16-35-22-7-8-31(32,33)13-22/h2-4,9-10,18-20,22,35H,5-8,11-14,16-17H2,1H3/t19?,22-,30?/m1/s1. The molecule has 4 aliphatic rings. The highest BCUT2D eigenvalue weighted by molar-refractivity contribution is 6.10. The maximum atomic E-state index is 13.8. The van der Waals surface area contributed by atoms with Gasteiger partial charge in [-0.1, -0.05) is 12.1 Å². The van der Waals surface area contributed by atoms with Crippen LogP contribution in [0, 0.1) is 17.2 Å². The van der Waals surface area contributed by atoms with Gasteiger partial charge in [-0.2, -0.15) is 5.26 Å². The number of nitrogens with zero attached hydrogens (tertiary/aromatic N) is 6. The molecule has 3 aliphatic carbocycles. The fourth-order valence-corrected chi connectivity index (χ4v) is 6.98. The van der Waals surface area contributed by atoms with Crippen LogP contribution in [0.15, 0.2) is 36.7 Å². The van der Waals surface area contributed by atoms with Crippen molar-refractivity contribution in [3.8, 4) is 6.07 Å². The van der Waals surface area contributed by atoms with Crippen LogP contribution in [-0.2, 0) is 32.0 Å². The summed E-state index contributed by atoms with van der Waals surface area (Å²) in [6, 6.07) is 12.2. The molecular formula is C31H33F2N7O. The molecule has 1 aliphatic heterocycles. The van der Waals surface area contributed by atoms with Crippen molar-refractivity contribution in [2.24, 2.45) is 13.0 Å². The fraction of sp³-hybridized carbons (Fsp3) is 0.516. The molecule has 0 saturated heterocycles. The monoisotopic (exact) mass is 557 g/mol. The quantitative estimate of drug-likeness (QED) is 0.421. The van der Waals surface area contributed by atoms with E-state index in [0.717, 1.165) is 59.7 Å². The van der Waals surface area contributed by atoms with E-state index in [1.165, 1.54) is 0 Å². The number of nitriles is 1. The van der Waals surface area contributed by atoms with Gasteiger partial charge in [0.25, 0.3) is 5.91 Å². The fourth-order valence-electron chi connectivity index (χ4n) is 6.98. The highest BCUT2D eigenvalue weighted by Crippen LogP contribution is 2.50. The predicted octanol–water partition coefficient (Wildman–Crippen LogP) is 4.94. The van der Waals surface area contributed by atoms with Crippen LogP contribution in [0.1, 0.15) is 89.6 Å². The molecule has 1 atom stereocenters. The van der Waals surface area contributed by atoms with Crippen molar-refractivity contribution in [1.82, 2.24) is 25.1 Å². The second-order valence-corrected chi connectivity index (χ2v) is 12.5. The van der Waals surface area contributed by atoms with Crippen molar-refractivity contribution in [2.45, 2.75) is 87.8 Å². The van der Waals surface area contributed by atoms with Gasteiger partial charge in [0.1, 0.15) is 12.2 Å². The molecule has 212 valence electrons. The van der Waals surface area contributed by atoms with Crippen LogP contribution in [0.5, 0.6) is 0 Å². The maximum Gasteiger partial charge on any atom is 0.259 e. The minimum Gasteiger partial charge on any atom is -0.321 e. The van der Waals surface area contributed by atoms with Crippen LogP contribution in [0.3, 0.4) is 0 Å². The summed E-state index contributed by atoms with van der Waals surface area (Å²) >= 11 is 0. The number of fused-ring (bicyclic) bond motifs is 1. The van der Waals surface area contributed by atoms with Gasteiger partial charge in [-0.15, -0.1) is 10.2 Å². The van der Waals surface area contributed by atoms with E-state index in [1.807, 2.05) is 34.7 Å². The summed E-state index contributed by atoms with van der Waals surface area (Å²) in [5.74, 6) is -1.43. The lowest BCUT2D eigenvalue weighted by atomic mass is 9.57. The third kappa shape index (κ3) is 4.80. The zero-order chi connectivity index (χ0) is 28.4. The Morgan fingerprint density at radius 3 is 2.68 bits per heavy atom. The molecule has 10 heteroatoms. The van der Waals surface area contributed by atoms with Gasteiger partial charge in [-0.05, 0) is 55.9 Å². The number of alkyl halides is 2. The lowest BCUT2D eigenvalue weighted by Crippen LogP contribution is -2.43. The molecule has 0 radical (unpaired) electrons. The van der Waals surface area contributed by atoms with E-state index in [4.69, 9.17) is 4.98 Å². The van der Waals surface area contributed by atoms with E-state index >= 15 is 0 Å². The van der Waals surface area contributed by atoms with E-state index < -0.39 is 5.92 Å². The molecule has 41 heavy (non-hydrogen) atoms. The summed E-state index contributed by atoms with van der Waals surface area (Å²) in [6.07, 6.45) is 6.18. The van der Waals surface area contributed by atoms with Gasteiger partial charge in [0.05, 0.1) is 18.3 Å². The smallest absolute Gasteiger partial charge is 0.259 e. The Morgan fingerprint density at radius 1 is 1.17 bits per heavy atom. The van der Waals surface area contributed by atoms with Crippen molar-refractivity contribution >= 4 is 11.6 Å². The predicted molar refractivity (Wildman–Crippen MR) is 147 cm³/mol. The number of benzene rings is 1. The largest absolute Gasteiger partial charge is 0.321 e. The first kappa shape index (κ1) is 26.2. The van der Waals surface area contributed by atoms with Gasteiger partial charge in [-0.3, -0.25) is 9.78 Å². The van der Waals surface area contributed by atoms with Crippen molar-refractivity contribution in [3.05, 3.63) is 70.6 Å². The Balaban J connectivity index is 1.15. The Labute approximate surface area is 237 Å². The molecule has 3 saturated carbocycles. The second kappa shape index (κ2) is 9.69. The Hall–Kier alpha value is -3.71.